The molecule has 1 N–H and O–H groups in total. The van der Waals surface area contributed by atoms with Gasteiger partial charge in [0.2, 0.25) is 0 Å². The van der Waals surface area contributed by atoms with Crippen LogP contribution >= 0.6 is 0 Å². The van der Waals surface area contributed by atoms with Crippen molar-refractivity contribution in [2.45, 2.75) is 13.5 Å². The van der Waals surface area contributed by atoms with E-state index in [1.807, 2.05) is 77.3 Å². The summed E-state index contributed by atoms with van der Waals surface area (Å²) < 4.78 is 1.90. The van der Waals surface area contributed by atoms with E-state index in [0.717, 1.165) is 33.6 Å². The second-order valence-corrected chi connectivity index (χ2v) is 6.27. The van der Waals surface area contributed by atoms with Gasteiger partial charge in [-0.25, -0.2) is 4.52 Å². The second-order valence-electron chi connectivity index (χ2n) is 6.27. The van der Waals surface area contributed by atoms with Crippen LogP contribution in [-0.2, 0) is 6.61 Å². The molecule has 0 fully saturated rings. The maximum absolute atomic E-state index is 11.7. The minimum absolute atomic E-state index is 0.00760. The predicted octanol–water partition coefficient (Wildman–Crippen LogP) is 4.36. The maximum Gasteiger partial charge on any atom is 0.159 e. The van der Waals surface area contributed by atoms with Crippen molar-refractivity contribution in [1.82, 2.24) is 9.61 Å². The summed E-state index contributed by atoms with van der Waals surface area (Å²) in [5.41, 5.74) is 6.19. The molecule has 4 rings (SSSR count). The van der Waals surface area contributed by atoms with Gasteiger partial charge < -0.3 is 5.11 Å². The number of fused-ring (bicyclic) bond motifs is 1. The minimum atomic E-state index is 0.00760. The van der Waals surface area contributed by atoms with E-state index in [4.69, 9.17) is 5.10 Å². The normalized spacial score (nSPS) is 11.0. The van der Waals surface area contributed by atoms with E-state index in [2.05, 4.69) is 0 Å². The molecule has 4 aromatic rings. The average Bonchev–Trinajstić information content (AvgIpc) is 3.11. The highest BCUT2D eigenvalue weighted by Crippen LogP contribution is 2.25. The Morgan fingerprint density at radius 3 is 2.54 bits per heavy atom. The van der Waals surface area contributed by atoms with Crippen LogP contribution in [0, 0.1) is 0 Å². The van der Waals surface area contributed by atoms with E-state index < -0.39 is 0 Å². The number of carbonyl (C=O) groups is 1. The molecule has 4 heteroatoms. The van der Waals surface area contributed by atoms with Crippen molar-refractivity contribution in [3.05, 3.63) is 83.9 Å². The molecule has 2 heterocycles. The van der Waals surface area contributed by atoms with Gasteiger partial charge in [0.25, 0.3) is 0 Å². The Balaban J connectivity index is 1.84. The fourth-order valence-corrected chi connectivity index (χ4v) is 3.09. The van der Waals surface area contributed by atoms with Crippen LogP contribution in [0.4, 0.5) is 0 Å². The van der Waals surface area contributed by atoms with Gasteiger partial charge in [-0.05, 0) is 48.9 Å². The first-order valence-corrected chi connectivity index (χ1v) is 8.46. The zero-order valence-corrected chi connectivity index (χ0v) is 14.4. The number of rotatable bonds is 4. The Morgan fingerprint density at radius 1 is 0.962 bits per heavy atom. The summed E-state index contributed by atoms with van der Waals surface area (Å²) in [4.78, 5) is 11.7. The number of hydrogen-bond acceptors (Lipinski definition) is 3. The molecule has 4 nitrogen and oxygen atoms in total. The molecule has 0 spiro atoms. The number of aliphatic hydroxyl groups excluding tert-OH is 1. The van der Waals surface area contributed by atoms with E-state index in [1.54, 1.807) is 6.92 Å². The largest absolute Gasteiger partial charge is 0.392 e. The zero-order valence-electron chi connectivity index (χ0n) is 14.4. The van der Waals surface area contributed by atoms with Crippen LogP contribution in [0.2, 0.25) is 0 Å². The number of nitrogens with zero attached hydrogens (tertiary/aromatic N) is 2. The van der Waals surface area contributed by atoms with Crippen LogP contribution in [-0.4, -0.2) is 20.5 Å². The van der Waals surface area contributed by atoms with E-state index in [1.165, 1.54) is 0 Å². The molecule has 0 unspecified atom stereocenters. The number of ketones is 1. The van der Waals surface area contributed by atoms with Crippen molar-refractivity contribution in [3.63, 3.8) is 0 Å². The van der Waals surface area contributed by atoms with Gasteiger partial charge in [-0.15, -0.1) is 0 Å². The summed E-state index contributed by atoms with van der Waals surface area (Å²) in [7, 11) is 0. The predicted molar refractivity (Wildman–Crippen MR) is 102 cm³/mol. The van der Waals surface area contributed by atoms with Gasteiger partial charge in [-0.1, -0.05) is 36.4 Å². The Bertz CT molecular complexity index is 1110. The van der Waals surface area contributed by atoms with Gasteiger partial charge in [-0.2, -0.15) is 5.10 Å². The van der Waals surface area contributed by atoms with Crippen LogP contribution in [0.25, 0.3) is 28.0 Å². The summed E-state index contributed by atoms with van der Waals surface area (Å²) in [5.74, 6) is 0.0374. The zero-order chi connectivity index (χ0) is 18.1. The molecule has 0 atom stereocenters. The lowest BCUT2D eigenvalue weighted by Gasteiger charge is -2.07. The maximum atomic E-state index is 11.7. The lowest BCUT2D eigenvalue weighted by atomic mass is 10.1. The van der Waals surface area contributed by atoms with Crippen molar-refractivity contribution < 1.29 is 9.90 Å². The topological polar surface area (TPSA) is 54.6 Å². The first-order chi connectivity index (χ1) is 12.7. The van der Waals surface area contributed by atoms with E-state index in [9.17, 15) is 9.90 Å². The first kappa shape index (κ1) is 16.2. The highest BCUT2D eigenvalue weighted by Gasteiger charge is 2.09. The monoisotopic (exact) mass is 342 g/mol. The first-order valence-electron chi connectivity index (χ1n) is 8.46. The number of benzene rings is 2. The molecule has 0 radical (unpaired) electrons. The van der Waals surface area contributed by atoms with E-state index >= 15 is 0 Å². The fourth-order valence-electron chi connectivity index (χ4n) is 3.09. The van der Waals surface area contributed by atoms with Gasteiger partial charge in [0.05, 0.1) is 23.5 Å². The molecule has 0 saturated heterocycles. The summed E-state index contributed by atoms with van der Waals surface area (Å²) in [6, 6.07) is 23.3. The summed E-state index contributed by atoms with van der Waals surface area (Å²) in [5, 5.41) is 14.2. The fraction of sp³-hybridized carbons (Fsp3) is 0.0909. The van der Waals surface area contributed by atoms with Crippen LogP contribution in [0.1, 0.15) is 22.8 Å². The molecular weight excluding hydrogens is 324 g/mol. The Labute approximate surface area is 151 Å². The molecule has 2 aromatic heterocycles. The Kier molecular flexibility index (Phi) is 4.11. The SMILES string of the molecule is CC(=O)c1cccc(-c2ccc3ccc(-c4cccc(CO)c4)n3n2)c1. The molecule has 0 amide bonds. The molecule has 128 valence electrons. The molecule has 0 aliphatic heterocycles. The molecule has 2 aromatic carbocycles. The van der Waals surface area contributed by atoms with Gasteiger partial charge in [0, 0.05) is 16.7 Å². The third-order valence-electron chi connectivity index (χ3n) is 4.47. The van der Waals surface area contributed by atoms with Crippen LogP contribution < -0.4 is 0 Å². The Hall–Kier alpha value is -3.24. The van der Waals surface area contributed by atoms with Crippen LogP contribution in [0.5, 0.6) is 0 Å². The molecule has 0 bridgehead atoms. The number of carbonyl (C=O) groups excluding carboxylic acids is 1. The number of aromatic nitrogens is 2. The highest BCUT2D eigenvalue weighted by atomic mass is 16.3. The van der Waals surface area contributed by atoms with Crippen LogP contribution in [0.15, 0.2) is 72.8 Å². The highest BCUT2D eigenvalue weighted by molar-refractivity contribution is 5.95. The quantitative estimate of drug-likeness (QED) is 0.561. The lowest BCUT2D eigenvalue weighted by molar-refractivity contribution is 0.101. The molecule has 0 saturated carbocycles. The van der Waals surface area contributed by atoms with Crippen LogP contribution in [0.3, 0.4) is 0 Å². The van der Waals surface area contributed by atoms with Crippen molar-refractivity contribution in [1.29, 1.82) is 0 Å². The molecule has 0 aliphatic carbocycles. The smallest absolute Gasteiger partial charge is 0.159 e. The summed E-state index contributed by atoms with van der Waals surface area (Å²) >= 11 is 0. The standard InChI is InChI=1S/C22H18N2O2/c1-15(26)17-5-3-6-18(13-17)21-10-8-20-9-11-22(24(20)23-21)19-7-2-4-16(12-19)14-25/h2-13,25H,14H2,1H3. The third kappa shape index (κ3) is 2.91. The van der Waals surface area contributed by atoms with Crippen molar-refractivity contribution in [3.8, 4) is 22.5 Å². The summed E-state index contributed by atoms with van der Waals surface area (Å²) in [6.07, 6.45) is 0. The van der Waals surface area contributed by atoms with Crippen molar-refractivity contribution in [2.75, 3.05) is 0 Å². The van der Waals surface area contributed by atoms with Crippen molar-refractivity contribution >= 4 is 11.3 Å². The molecule has 26 heavy (non-hydrogen) atoms. The van der Waals surface area contributed by atoms with Gasteiger partial charge in [0.1, 0.15) is 0 Å². The van der Waals surface area contributed by atoms with E-state index in [0.29, 0.717) is 5.56 Å². The van der Waals surface area contributed by atoms with E-state index in [-0.39, 0.29) is 12.4 Å². The van der Waals surface area contributed by atoms with Gasteiger partial charge in [0.15, 0.2) is 5.78 Å². The Morgan fingerprint density at radius 2 is 1.73 bits per heavy atom. The minimum Gasteiger partial charge on any atom is -0.392 e. The van der Waals surface area contributed by atoms with Gasteiger partial charge in [-0.3, -0.25) is 4.79 Å². The number of Topliss-reactive ketones (excluding diaryl/α,β-unsaturated/α-hetero) is 1. The second kappa shape index (κ2) is 6.58. The van der Waals surface area contributed by atoms with Crippen molar-refractivity contribution in [2.24, 2.45) is 0 Å². The number of aliphatic hydroxyl groups is 1. The lowest BCUT2D eigenvalue weighted by Crippen LogP contribution is -1.98. The summed E-state index contributed by atoms with van der Waals surface area (Å²) in [6.45, 7) is 1.57. The average molecular weight is 342 g/mol. The van der Waals surface area contributed by atoms with Gasteiger partial charge >= 0.3 is 0 Å². The molecule has 0 aliphatic rings. The number of hydrogen-bond donors (Lipinski definition) is 1. The molecular formula is C22H18N2O2. The third-order valence-corrected chi connectivity index (χ3v) is 4.47.